The topological polar surface area (TPSA) is 121 Å². The minimum atomic E-state index is -5.44. The second-order valence-corrected chi connectivity index (χ2v) is 9.14. The van der Waals surface area contributed by atoms with Gasteiger partial charge in [0, 0.05) is 32.3 Å². The number of hydrogen-bond acceptors (Lipinski definition) is 6. The van der Waals surface area contributed by atoms with Crippen LogP contribution in [0.4, 0.5) is 28.0 Å². The number of nitrogens with zero attached hydrogens (tertiary/aromatic N) is 5. The predicted octanol–water partition coefficient (Wildman–Crippen LogP) is 2.93. The number of alkyl halides is 4. The highest BCUT2D eigenvalue weighted by Gasteiger charge is 2.55. The van der Waals surface area contributed by atoms with Gasteiger partial charge in [0.05, 0.1) is 11.9 Å². The molecule has 0 unspecified atom stereocenters. The first-order valence-electron chi connectivity index (χ1n) is 9.33. The van der Waals surface area contributed by atoms with E-state index in [4.69, 9.17) is 5.26 Å². The maximum Gasteiger partial charge on any atom is 0.353 e. The maximum atomic E-state index is 14.9. The molecule has 3 rings (SSSR count). The van der Waals surface area contributed by atoms with Crippen LogP contribution in [0.15, 0.2) is 29.4 Å². The molecule has 0 atom stereocenters. The van der Waals surface area contributed by atoms with Gasteiger partial charge in [-0.2, -0.15) is 19.1 Å². The van der Waals surface area contributed by atoms with E-state index >= 15 is 0 Å². The maximum absolute atomic E-state index is 14.9. The lowest BCUT2D eigenvalue weighted by molar-refractivity contribution is 0.000233. The first-order valence-corrected chi connectivity index (χ1v) is 10.8. The molecule has 3 heterocycles. The highest BCUT2D eigenvalue weighted by Crippen LogP contribution is 2.42. The lowest BCUT2D eigenvalue weighted by Crippen LogP contribution is -2.47. The fraction of sp³-hybridized carbons (Fsp3) is 0.444. The minimum absolute atomic E-state index is 0.149. The van der Waals surface area contributed by atoms with Crippen molar-refractivity contribution in [3.05, 3.63) is 35.9 Å². The summed E-state index contributed by atoms with van der Waals surface area (Å²) in [6.07, 6.45) is -2.14. The smallest absolute Gasteiger partial charge is 0.325 e. The summed E-state index contributed by atoms with van der Waals surface area (Å²) in [6, 6.07) is 4.06. The van der Waals surface area contributed by atoms with Gasteiger partial charge in [0.2, 0.25) is 9.84 Å². The molecule has 14 heteroatoms. The zero-order valence-electron chi connectivity index (χ0n) is 16.7. The summed E-state index contributed by atoms with van der Waals surface area (Å²) in [5, 5.41) is 10.2. The van der Waals surface area contributed by atoms with Crippen LogP contribution in [0, 0.1) is 17.2 Å². The number of anilines is 1. The lowest BCUT2D eigenvalue weighted by atomic mass is 9.97. The summed E-state index contributed by atoms with van der Waals surface area (Å²) in [6.45, 7) is -0.333. The number of carbonyl (C=O) groups is 1. The van der Waals surface area contributed by atoms with Crippen LogP contribution in [-0.4, -0.2) is 52.5 Å². The molecule has 1 N–H and O–H groups in total. The summed E-state index contributed by atoms with van der Waals surface area (Å²) in [7, 11) is -4.28. The van der Waals surface area contributed by atoms with Crippen LogP contribution < -0.4 is 5.32 Å². The number of piperidine rings is 1. The van der Waals surface area contributed by atoms with E-state index in [1.54, 1.807) is 0 Å². The average molecular weight is 474 g/mol. The van der Waals surface area contributed by atoms with Crippen molar-refractivity contribution in [1.29, 1.82) is 5.26 Å². The number of likely N-dealkylation sites (tertiary alicyclic amines) is 1. The van der Waals surface area contributed by atoms with Crippen LogP contribution in [0.3, 0.4) is 0 Å². The molecule has 0 aromatic carbocycles. The number of pyridine rings is 1. The van der Waals surface area contributed by atoms with Gasteiger partial charge in [0.25, 0.3) is 6.43 Å². The van der Waals surface area contributed by atoms with Crippen molar-refractivity contribution in [3.8, 4) is 6.07 Å². The molecule has 0 radical (unpaired) electrons. The van der Waals surface area contributed by atoms with Crippen molar-refractivity contribution in [3.63, 3.8) is 0 Å². The van der Waals surface area contributed by atoms with Crippen LogP contribution in [0.25, 0.3) is 0 Å². The van der Waals surface area contributed by atoms with E-state index in [1.807, 2.05) is 6.07 Å². The molecule has 9 nitrogen and oxygen atoms in total. The third-order valence-corrected chi connectivity index (χ3v) is 7.01. The Morgan fingerprint density at radius 1 is 1.31 bits per heavy atom. The molecular formula is C18H18F4N6O3S. The van der Waals surface area contributed by atoms with Crippen LogP contribution in [0.1, 0.15) is 30.7 Å². The highest BCUT2D eigenvalue weighted by molar-refractivity contribution is 7.92. The Morgan fingerprint density at radius 3 is 2.50 bits per heavy atom. The van der Waals surface area contributed by atoms with E-state index in [0.29, 0.717) is 11.9 Å². The van der Waals surface area contributed by atoms with Crippen molar-refractivity contribution in [1.82, 2.24) is 19.7 Å². The second-order valence-electron chi connectivity index (χ2n) is 7.15. The number of nitrogens with one attached hydrogen (secondary N) is 1. The Bertz CT molecular complexity index is 1140. The third kappa shape index (κ3) is 4.38. The zero-order chi connectivity index (χ0) is 23.7. The first kappa shape index (κ1) is 23.5. The molecule has 2 aromatic heterocycles. The Morgan fingerprint density at radius 2 is 1.97 bits per heavy atom. The normalized spacial score (nSPS) is 15.6. The zero-order valence-corrected chi connectivity index (χ0v) is 17.5. The van der Waals surface area contributed by atoms with E-state index in [0.717, 1.165) is 11.7 Å². The summed E-state index contributed by atoms with van der Waals surface area (Å²) < 4.78 is 81.9. The third-order valence-electron chi connectivity index (χ3n) is 5.06. The largest absolute Gasteiger partial charge is 0.353 e. The molecule has 172 valence electrons. The fourth-order valence-corrected chi connectivity index (χ4v) is 5.03. The number of aryl methyl sites for hydroxylation is 1. The molecule has 1 saturated heterocycles. The van der Waals surface area contributed by atoms with Gasteiger partial charge in [0.15, 0.2) is 0 Å². The van der Waals surface area contributed by atoms with E-state index < -0.39 is 44.1 Å². The van der Waals surface area contributed by atoms with Crippen molar-refractivity contribution < 1.29 is 30.8 Å². The van der Waals surface area contributed by atoms with Gasteiger partial charge >= 0.3 is 11.3 Å². The molecule has 0 bridgehead atoms. The Balaban J connectivity index is 1.69. The number of urea groups is 1. The molecule has 0 spiro atoms. The Hall–Kier alpha value is -3.21. The molecule has 32 heavy (non-hydrogen) atoms. The van der Waals surface area contributed by atoms with Gasteiger partial charge in [-0.3, -0.25) is 4.68 Å². The summed E-state index contributed by atoms with van der Waals surface area (Å²) in [5.74, 6) is -1.67. The summed E-state index contributed by atoms with van der Waals surface area (Å²) in [4.78, 5) is 16.2. The standard InChI is InChI=1S/C18H18F4N6O3S/c1-27-10-14(15(26-27)16(19)20)32(30,31)18(21,22)11-4-6-28(7-5-11)17(29)25-13-3-2-12(8-23)24-9-13/h2-3,9-11,16H,4-7H2,1H3,(H,25,29). The van der Waals surface area contributed by atoms with Crippen molar-refractivity contribution in [2.24, 2.45) is 13.0 Å². The number of aromatic nitrogens is 3. The van der Waals surface area contributed by atoms with Gasteiger partial charge < -0.3 is 10.2 Å². The van der Waals surface area contributed by atoms with Gasteiger partial charge in [-0.1, -0.05) is 0 Å². The van der Waals surface area contributed by atoms with E-state index in [2.05, 4.69) is 15.4 Å². The van der Waals surface area contributed by atoms with Gasteiger partial charge in [-0.15, -0.1) is 0 Å². The van der Waals surface area contributed by atoms with Crippen LogP contribution in [0.2, 0.25) is 0 Å². The van der Waals surface area contributed by atoms with E-state index in [-0.39, 0.29) is 31.6 Å². The monoisotopic (exact) mass is 474 g/mol. The molecular weight excluding hydrogens is 456 g/mol. The minimum Gasteiger partial charge on any atom is -0.325 e. The Kier molecular flexibility index (Phi) is 6.40. The van der Waals surface area contributed by atoms with Crippen molar-refractivity contribution in [2.75, 3.05) is 18.4 Å². The van der Waals surface area contributed by atoms with Crippen LogP contribution in [-0.2, 0) is 16.9 Å². The Labute approximate surface area is 180 Å². The average Bonchev–Trinajstić information content (AvgIpc) is 3.17. The van der Waals surface area contributed by atoms with Crippen LogP contribution in [0.5, 0.6) is 0 Å². The van der Waals surface area contributed by atoms with Crippen molar-refractivity contribution >= 4 is 21.6 Å². The molecule has 1 aliphatic heterocycles. The van der Waals surface area contributed by atoms with Crippen LogP contribution >= 0.6 is 0 Å². The molecule has 2 aromatic rings. The number of halogens is 4. The quantitative estimate of drug-likeness (QED) is 0.665. The fourth-order valence-electron chi connectivity index (χ4n) is 3.36. The lowest BCUT2D eigenvalue weighted by Gasteiger charge is -2.35. The number of amides is 2. The van der Waals surface area contributed by atoms with Gasteiger partial charge in [0.1, 0.15) is 22.4 Å². The summed E-state index contributed by atoms with van der Waals surface area (Å²) >= 11 is 0. The molecule has 1 aliphatic rings. The van der Waals surface area contributed by atoms with Crippen molar-refractivity contribution in [2.45, 2.75) is 29.4 Å². The number of nitriles is 1. The van der Waals surface area contributed by atoms with Gasteiger partial charge in [-0.05, 0) is 25.0 Å². The predicted molar refractivity (Wildman–Crippen MR) is 103 cm³/mol. The number of carbonyl (C=O) groups excluding carboxylic acids is 1. The second kappa shape index (κ2) is 8.73. The number of hydrogen-bond donors (Lipinski definition) is 1. The van der Waals surface area contributed by atoms with E-state index in [9.17, 15) is 30.8 Å². The SMILES string of the molecule is Cn1cc(S(=O)(=O)C(F)(F)C2CCN(C(=O)Nc3ccc(C#N)nc3)CC2)c(C(F)F)n1. The molecule has 1 fully saturated rings. The molecule has 2 amide bonds. The summed E-state index contributed by atoms with van der Waals surface area (Å²) in [5.41, 5.74) is -0.781. The highest BCUT2D eigenvalue weighted by atomic mass is 32.2. The van der Waals surface area contributed by atoms with E-state index in [1.165, 1.54) is 23.2 Å². The molecule has 0 aliphatic carbocycles. The number of sulfone groups is 1. The first-order chi connectivity index (χ1) is 15.0. The molecule has 0 saturated carbocycles. The number of rotatable bonds is 5. The van der Waals surface area contributed by atoms with Gasteiger partial charge in [-0.25, -0.2) is 27.0 Å².